The summed E-state index contributed by atoms with van der Waals surface area (Å²) < 4.78 is 1.73. The van der Waals surface area contributed by atoms with Crippen molar-refractivity contribution in [2.75, 3.05) is 0 Å². The number of rotatable bonds is 0. The zero-order valence-corrected chi connectivity index (χ0v) is 8.22. The van der Waals surface area contributed by atoms with Crippen LogP contribution in [-0.2, 0) is 13.6 Å². The van der Waals surface area contributed by atoms with Crippen LogP contribution in [0.25, 0.3) is 0 Å². The van der Waals surface area contributed by atoms with Gasteiger partial charge in [-0.15, -0.1) is 0 Å². The fourth-order valence-electron chi connectivity index (χ4n) is 2.06. The summed E-state index contributed by atoms with van der Waals surface area (Å²) in [4.78, 5) is 11.4. The van der Waals surface area contributed by atoms with E-state index in [9.17, 15) is 4.79 Å². The number of nitrogens with one attached hydrogen (secondary N) is 1. The topological polar surface area (TPSA) is 34.0 Å². The van der Waals surface area contributed by atoms with Crippen molar-refractivity contribution >= 4 is 0 Å². The highest BCUT2D eigenvalue weighted by molar-refractivity contribution is 5.35. The molecule has 13 heavy (non-hydrogen) atoms. The number of hydrogen-bond acceptors (Lipinski definition) is 2. The summed E-state index contributed by atoms with van der Waals surface area (Å²) in [6.07, 6.45) is 0. The molecule has 1 N–H and O–H groups in total. The van der Waals surface area contributed by atoms with Crippen LogP contribution in [0.4, 0.5) is 0 Å². The van der Waals surface area contributed by atoms with Crippen molar-refractivity contribution in [1.82, 2.24) is 9.88 Å². The molecule has 3 nitrogen and oxygen atoms in total. The molecular formula is C10H14N2O. The zero-order valence-electron chi connectivity index (χ0n) is 8.22. The molecular weight excluding hydrogens is 164 g/mol. The molecule has 2 rings (SSSR count). The van der Waals surface area contributed by atoms with E-state index in [1.807, 2.05) is 14.0 Å². The Bertz CT molecular complexity index is 406. The highest BCUT2D eigenvalue weighted by Crippen LogP contribution is 2.25. The summed E-state index contributed by atoms with van der Waals surface area (Å²) in [5.41, 5.74) is 3.63. The van der Waals surface area contributed by atoms with Crippen molar-refractivity contribution in [3.63, 3.8) is 0 Å². The molecule has 0 aromatic carbocycles. The lowest BCUT2D eigenvalue weighted by atomic mass is 10.0. The third kappa shape index (κ3) is 1.11. The standard InChI is InChI=1S/C10H14N2O/c1-6-4-9(13)12(3)8-5-11-7(2)10(6)8/h4,7,11H,5H2,1-3H3/t7-/m0/s1. The van der Waals surface area contributed by atoms with Crippen LogP contribution in [-0.4, -0.2) is 4.57 Å². The average Bonchev–Trinajstić information content (AvgIpc) is 2.44. The third-order valence-electron chi connectivity index (χ3n) is 2.82. The summed E-state index contributed by atoms with van der Waals surface area (Å²) in [6.45, 7) is 4.94. The molecule has 0 amide bonds. The molecule has 1 aromatic rings. The van der Waals surface area contributed by atoms with Crippen LogP contribution >= 0.6 is 0 Å². The quantitative estimate of drug-likeness (QED) is 0.639. The van der Waals surface area contributed by atoms with Gasteiger partial charge in [-0.3, -0.25) is 4.79 Å². The van der Waals surface area contributed by atoms with E-state index >= 15 is 0 Å². The van der Waals surface area contributed by atoms with Crippen LogP contribution in [0.15, 0.2) is 10.9 Å². The van der Waals surface area contributed by atoms with Crippen LogP contribution in [0, 0.1) is 6.92 Å². The minimum absolute atomic E-state index is 0.0900. The number of hydrogen-bond donors (Lipinski definition) is 1. The highest BCUT2D eigenvalue weighted by Gasteiger charge is 2.22. The van der Waals surface area contributed by atoms with Gasteiger partial charge in [-0.1, -0.05) is 0 Å². The zero-order chi connectivity index (χ0) is 9.59. The first-order valence-corrected chi connectivity index (χ1v) is 4.54. The second-order valence-electron chi connectivity index (χ2n) is 3.69. The van der Waals surface area contributed by atoms with Gasteiger partial charge in [0.25, 0.3) is 5.56 Å². The summed E-state index contributed by atoms with van der Waals surface area (Å²) >= 11 is 0. The molecule has 0 radical (unpaired) electrons. The van der Waals surface area contributed by atoms with Gasteiger partial charge in [0.15, 0.2) is 0 Å². The Hall–Kier alpha value is -1.09. The predicted molar refractivity (Wildman–Crippen MR) is 51.7 cm³/mol. The molecule has 0 spiro atoms. The van der Waals surface area contributed by atoms with Crippen LogP contribution in [0.1, 0.15) is 29.8 Å². The third-order valence-corrected chi connectivity index (χ3v) is 2.82. The molecule has 3 heteroatoms. The first kappa shape index (κ1) is 8.51. The first-order chi connectivity index (χ1) is 6.11. The van der Waals surface area contributed by atoms with Gasteiger partial charge in [0.1, 0.15) is 0 Å². The Morgan fingerprint density at radius 3 is 3.00 bits per heavy atom. The van der Waals surface area contributed by atoms with Crippen molar-refractivity contribution in [1.29, 1.82) is 0 Å². The molecule has 1 atom stereocenters. The minimum Gasteiger partial charge on any atom is -0.314 e. The van der Waals surface area contributed by atoms with Crippen LogP contribution < -0.4 is 10.9 Å². The number of fused-ring (bicyclic) bond motifs is 1. The van der Waals surface area contributed by atoms with Gasteiger partial charge in [0.05, 0.1) is 0 Å². The van der Waals surface area contributed by atoms with Gasteiger partial charge in [0.2, 0.25) is 0 Å². The lowest BCUT2D eigenvalue weighted by Gasteiger charge is -2.10. The predicted octanol–water partition coefficient (Wildman–Crippen LogP) is 0.858. The largest absolute Gasteiger partial charge is 0.314 e. The molecule has 0 fully saturated rings. The molecule has 1 aliphatic heterocycles. The highest BCUT2D eigenvalue weighted by atomic mass is 16.1. The summed E-state index contributed by atoms with van der Waals surface area (Å²) in [5, 5.41) is 3.33. The molecule has 0 saturated heterocycles. The van der Waals surface area contributed by atoms with Crippen molar-refractivity contribution in [3.05, 3.63) is 33.2 Å². The van der Waals surface area contributed by atoms with Crippen molar-refractivity contribution < 1.29 is 0 Å². The second kappa shape index (κ2) is 2.70. The molecule has 0 bridgehead atoms. The van der Waals surface area contributed by atoms with E-state index in [1.165, 1.54) is 5.56 Å². The SMILES string of the molecule is Cc1cc(=O)n(C)c2c1[C@H](C)NC2. The van der Waals surface area contributed by atoms with E-state index in [4.69, 9.17) is 0 Å². The number of aryl methyl sites for hydroxylation is 1. The second-order valence-corrected chi connectivity index (χ2v) is 3.69. The van der Waals surface area contributed by atoms with Crippen LogP contribution in [0.5, 0.6) is 0 Å². The maximum absolute atomic E-state index is 11.4. The number of aromatic nitrogens is 1. The molecule has 1 aromatic heterocycles. The number of pyridine rings is 1. The Balaban J connectivity index is 2.77. The molecule has 0 saturated carbocycles. The van der Waals surface area contributed by atoms with Crippen molar-refractivity contribution in [2.24, 2.45) is 7.05 Å². The van der Waals surface area contributed by atoms with Gasteiger partial charge in [0, 0.05) is 31.4 Å². The van der Waals surface area contributed by atoms with Crippen molar-refractivity contribution in [3.8, 4) is 0 Å². The molecule has 2 heterocycles. The fraction of sp³-hybridized carbons (Fsp3) is 0.500. The van der Waals surface area contributed by atoms with Gasteiger partial charge in [-0.25, -0.2) is 0 Å². The number of nitrogens with zero attached hydrogens (tertiary/aromatic N) is 1. The van der Waals surface area contributed by atoms with E-state index in [1.54, 1.807) is 10.6 Å². The Morgan fingerprint density at radius 2 is 2.31 bits per heavy atom. The maximum atomic E-state index is 11.4. The molecule has 0 unspecified atom stereocenters. The van der Waals surface area contributed by atoms with E-state index in [2.05, 4.69) is 12.2 Å². The van der Waals surface area contributed by atoms with E-state index in [0.29, 0.717) is 6.04 Å². The Morgan fingerprint density at radius 1 is 1.62 bits per heavy atom. The van der Waals surface area contributed by atoms with Gasteiger partial charge < -0.3 is 9.88 Å². The normalized spacial score (nSPS) is 20.4. The smallest absolute Gasteiger partial charge is 0.250 e. The summed E-state index contributed by atoms with van der Waals surface area (Å²) in [6, 6.07) is 2.09. The monoisotopic (exact) mass is 178 g/mol. The van der Waals surface area contributed by atoms with Crippen LogP contribution in [0.2, 0.25) is 0 Å². The van der Waals surface area contributed by atoms with E-state index in [0.717, 1.165) is 17.8 Å². The van der Waals surface area contributed by atoms with Gasteiger partial charge in [-0.05, 0) is 25.0 Å². The van der Waals surface area contributed by atoms with Gasteiger partial charge in [-0.2, -0.15) is 0 Å². The molecule has 0 aliphatic carbocycles. The Kier molecular flexibility index (Phi) is 1.77. The van der Waals surface area contributed by atoms with Crippen molar-refractivity contribution in [2.45, 2.75) is 26.4 Å². The lowest BCUT2D eigenvalue weighted by molar-refractivity contribution is 0.625. The molecule has 1 aliphatic rings. The first-order valence-electron chi connectivity index (χ1n) is 4.54. The average molecular weight is 178 g/mol. The summed E-state index contributed by atoms with van der Waals surface area (Å²) in [5.74, 6) is 0. The van der Waals surface area contributed by atoms with Gasteiger partial charge >= 0.3 is 0 Å². The van der Waals surface area contributed by atoms with Crippen LogP contribution in [0.3, 0.4) is 0 Å². The lowest BCUT2D eigenvalue weighted by Crippen LogP contribution is -2.20. The molecule has 70 valence electrons. The Labute approximate surface area is 77.4 Å². The fourth-order valence-corrected chi connectivity index (χ4v) is 2.06. The van der Waals surface area contributed by atoms with E-state index < -0.39 is 0 Å². The maximum Gasteiger partial charge on any atom is 0.250 e. The summed E-state index contributed by atoms with van der Waals surface area (Å²) in [7, 11) is 1.83. The van der Waals surface area contributed by atoms with E-state index in [-0.39, 0.29) is 5.56 Å². The minimum atomic E-state index is 0.0900.